The SMILES string of the molecule is CC(C)Cn1cnnc1CCCCCCN. The Morgan fingerprint density at radius 3 is 2.69 bits per heavy atom. The topological polar surface area (TPSA) is 56.7 Å². The van der Waals surface area contributed by atoms with Gasteiger partial charge in [0.15, 0.2) is 0 Å². The van der Waals surface area contributed by atoms with E-state index in [1.165, 1.54) is 19.3 Å². The molecular formula is C12H24N4. The van der Waals surface area contributed by atoms with Gasteiger partial charge < -0.3 is 10.3 Å². The molecule has 0 radical (unpaired) electrons. The Morgan fingerprint density at radius 2 is 2.00 bits per heavy atom. The normalized spacial score (nSPS) is 11.2. The minimum atomic E-state index is 0.645. The van der Waals surface area contributed by atoms with E-state index in [0.29, 0.717) is 5.92 Å². The molecule has 1 aromatic heterocycles. The molecule has 0 bridgehead atoms. The van der Waals surface area contributed by atoms with Gasteiger partial charge in [-0.1, -0.05) is 26.7 Å². The van der Waals surface area contributed by atoms with Gasteiger partial charge in [0.1, 0.15) is 12.2 Å². The smallest absolute Gasteiger partial charge is 0.132 e. The number of unbranched alkanes of at least 4 members (excludes halogenated alkanes) is 3. The molecule has 0 saturated heterocycles. The monoisotopic (exact) mass is 224 g/mol. The molecule has 0 aromatic carbocycles. The summed E-state index contributed by atoms with van der Waals surface area (Å²) in [5, 5.41) is 8.16. The van der Waals surface area contributed by atoms with Crippen LogP contribution in [-0.4, -0.2) is 21.3 Å². The van der Waals surface area contributed by atoms with E-state index in [0.717, 1.165) is 31.8 Å². The van der Waals surface area contributed by atoms with Crippen LogP contribution in [0.15, 0.2) is 6.33 Å². The number of rotatable bonds is 8. The third-order valence-corrected chi connectivity index (χ3v) is 2.61. The van der Waals surface area contributed by atoms with Gasteiger partial charge >= 0.3 is 0 Å². The summed E-state index contributed by atoms with van der Waals surface area (Å²) in [6, 6.07) is 0. The Morgan fingerprint density at radius 1 is 1.25 bits per heavy atom. The van der Waals surface area contributed by atoms with Gasteiger partial charge in [-0.05, 0) is 25.3 Å². The fourth-order valence-electron chi connectivity index (χ4n) is 1.80. The molecule has 0 spiro atoms. The summed E-state index contributed by atoms with van der Waals surface area (Å²) in [7, 11) is 0. The molecule has 0 aliphatic carbocycles. The molecule has 0 unspecified atom stereocenters. The Bertz CT molecular complexity index is 280. The molecule has 0 fully saturated rings. The molecule has 0 aliphatic rings. The number of hydrogen-bond acceptors (Lipinski definition) is 3. The van der Waals surface area contributed by atoms with E-state index in [-0.39, 0.29) is 0 Å². The largest absolute Gasteiger partial charge is 0.330 e. The maximum absolute atomic E-state index is 5.46. The van der Waals surface area contributed by atoms with E-state index in [1.807, 2.05) is 6.33 Å². The van der Waals surface area contributed by atoms with Crippen molar-refractivity contribution in [3.05, 3.63) is 12.2 Å². The molecule has 0 atom stereocenters. The average Bonchev–Trinajstić information content (AvgIpc) is 2.64. The second kappa shape index (κ2) is 7.39. The first-order chi connectivity index (χ1) is 7.74. The van der Waals surface area contributed by atoms with E-state index in [4.69, 9.17) is 5.73 Å². The molecular weight excluding hydrogens is 200 g/mol. The molecule has 0 aliphatic heterocycles. The van der Waals surface area contributed by atoms with E-state index >= 15 is 0 Å². The predicted octanol–water partition coefficient (Wildman–Crippen LogP) is 2.00. The van der Waals surface area contributed by atoms with Crippen LogP contribution in [0.25, 0.3) is 0 Å². The number of hydrogen-bond donors (Lipinski definition) is 1. The highest BCUT2D eigenvalue weighted by atomic mass is 15.3. The lowest BCUT2D eigenvalue weighted by Crippen LogP contribution is -2.08. The van der Waals surface area contributed by atoms with Crippen molar-refractivity contribution in [2.75, 3.05) is 6.54 Å². The van der Waals surface area contributed by atoms with Crippen LogP contribution in [0.2, 0.25) is 0 Å². The van der Waals surface area contributed by atoms with Gasteiger partial charge in [0.2, 0.25) is 0 Å². The van der Waals surface area contributed by atoms with Crippen LogP contribution >= 0.6 is 0 Å². The first-order valence-electron chi connectivity index (χ1n) is 6.30. The average molecular weight is 224 g/mol. The summed E-state index contributed by atoms with van der Waals surface area (Å²) in [4.78, 5) is 0. The highest BCUT2D eigenvalue weighted by Crippen LogP contribution is 2.07. The van der Waals surface area contributed by atoms with Crippen molar-refractivity contribution >= 4 is 0 Å². The minimum absolute atomic E-state index is 0.645. The van der Waals surface area contributed by atoms with Gasteiger partial charge in [-0.25, -0.2) is 0 Å². The van der Waals surface area contributed by atoms with Gasteiger partial charge in [-0.15, -0.1) is 10.2 Å². The molecule has 92 valence electrons. The van der Waals surface area contributed by atoms with Crippen LogP contribution in [0.3, 0.4) is 0 Å². The lowest BCUT2D eigenvalue weighted by Gasteiger charge is -2.08. The van der Waals surface area contributed by atoms with E-state index < -0.39 is 0 Å². The Labute approximate surface area is 98.2 Å². The predicted molar refractivity (Wildman–Crippen MR) is 66.1 cm³/mol. The van der Waals surface area contributed by atoms with Crippen LogP contribution in [-0.2, 0) is 13.0 Å². The second-order valence-electron chi connectivity index (χ2n) is 4.75. The third kappa shape index (κ3) is 4.75. The maximum Gasteiger partial charge on any atom is 0.132 e. The van der Waals surface area contributed by atoms with Crippen LogP contribution in [0.4, 0.5) is 0 Å². The fraction of sp³-hybridized carbons (Fsp3) is 0.833. The van der Waals surface area contributed by atoms with Gasteiger partial charge in [0.25, 0.3) is 0 Å². The number of nitrogens with two attached hydrogens (primary N) is 1. The minimum Gasteiger partial charge on any atom is -0.330 e. The summed E-state index contributed by atoms with van der Waals surface area (Å²) >= 11 is 0. The van der Waals surface area contributed by atoms with Crippen molar-refractivity contribution < 1.29 is 0 Å². The molecule has 4 heteroatoms. The van der Waals surface area contributed by atoms with Gasteiger partial charge in [0, 0.05) is 13.0 Å². The van der Waals surface area contributed by atoms with Crippen molar-refractivity contribution in [3.8, 4) is 0 Å². The summed E-state index contributed by atoms with van der Waals surface area (Å²) in [5.74, 6) is 1.77. The van der Waals surface area contributed by atoms with Crippen LogP contribution in [0.5, 0.6) is 0 Å². The zero-order valence-electron chi connectivity index (χ0n) is 10.5. The zero-order chi connectivity index (χ0) is 11.8. The molecule has 16 heavy (non-hydrogen) atoms. The summed E-state index contributed by atoms with van der Waals surface area (Å²) in [5.41, 5.74) is 5.46. The summed E-state index contributed by atoms with van der Waals surface area (Å²) in [6.45, 7) is 6.25. The summed E-state index contributed by atoms with van der Waals surface area (Å²) in [6.07, 6.45) is 7.68. The Hall–Kier alpha value is -0.900. The molecule has 2 N–H and O–H groups in total. The fourth-order valence-corrected chi connectivity index (χ4v) is 1.80. The highest BCUT2D eigenvalue weighted by molar-refractivity contribution is 4.86. The Kier molecular flexibility index (Phi) is 6.08. The molecule has 4 nitrogen and oxygen atoms in total. The van der Waals surface area contributed by atoms with Gasteiger partial charge in [-0.2, -0.15) is 0 Å². The molecule has 0 saturated carbocycles. The first-order valence-corrected chi connectivity index (χ1v) is 6.30. The first kappa shape index (κ1) is 13.2. The van der Waals surface area contributed by atoms with Crippen molar-refractivity contribution in [3.63, 3.8) is 0 Å². The lowest BCUT2D eigenvalue weighted by atomic mass is 10.1. The van der Waals surface area contributed by atoms with Gasteiger partial charge in [-0.3, -0.25) is 0 Å². The molecule has 1 rings (SSSR count). The van der Waals surface area contributed by atoms with E-state index in [1.54, 1.807) is 0 Å². The van der Waals surface area contributed by atoms with Crippen molar-refractivity contribution in [2.45, 2.75) is 52.5 Å². The van der Waals surface area contributed by atoms with Gasteiger partial charge in [0.05, 0.1) is 0 Å². The summed E-state index contributed by atoms with van der Waals surface area (Å²) < 4.78 is 2.17. The molecule has 1 aromatic rings. The molecule has 0 amide bonds. The van der Waals surface area contributed by atoms with Crippen LogP contribution in [0.1, 0.15) is 45.4 Å². The standard InChI is InChI=1S/C12H24N4/c1-11(2)9-16-10-14-15-12(16)7-5-3-4-6-8-13/h10-11H,3-9,13H2,1-2H3. The highest BCUT2D eigenvalue weighted by Gasteiger charge is 2.05. The van der Waals surface area contributed by atoms with Crippen LogP contribution < -0.4 is 5.73 Å². The van der Waals surface area contributed by atoms with Crippen LogP contribution in [0, 0.1) is 5.92 Å². The van der Waals surface area contributed by atoms with E-state index in [2.05, 4.69) is 28.6 Å². The number of nitrogens with zero attached hydrogens (tertiary/aromatic N) is 3. The van der Waals surface area contributed by atoms with Crippen molar-refractivity contribution in [1.29, 1.82) is 0 Å². The van der Waals surface area contributed by atoms with E-state index in [9.17, 15) is 0 Å². The second-order valence-corrected chi connectivity index (χ2v) is 4.75. The third-order valence-electron chi connectivity index (χ3n) is 2.61. The van der Waals surface area contributed by atoms with Crippen molar-refractivity contribution in [1.82, 2.24) is 14.8 Å². The quantitative estimate of drug-likeness (QED) is 0.687. The number of aryl methyl sites for hydroxylation is 1. The zero-order valence-corrected chi connectivity index (χ0v) is 10.5. The Balaban J connectivity index is 2.27. The number of aromatic nitrogens is 3. The van der Waals surface area contributed by atoms with Crippen molar-refractivity contribution in [2.24, 2.45) is 11.7 Å². The molecule has 1 heterocycles. The lowest BCUT2D eigenvalue weighted by molar-refractivity contribution is 0.500. The maximum atomic E-state index is 5.46.